The molecule has 9 nitrogen and oxygen atoms in total. The van der Waals surface area contributed by atoms with Crippen LogP contribution in [0.5, 0.6) is 5.75 Å². The maximum Gasteiger partial charge on any atom is 0.278 e. The highest BCUT2D eigenvalue weighted by atomic mass is 16.5. The Hall–Kier alpha value is -3.62. The minimum Gasteiger partial charge on any atom is -0.490 e. The van der Waals surface area contributed by atoms with Crippen LogP contribution in [0.15, 0.2) is 41.1 Å². The van der Waals surface area contributed by atoms with Crippen molar-refractivity contribution in [3.8, 4) is 11.4 Å². The van der Waals surface area contributed by atoms with E-state index >= 15 is 0 Å². The second-order valence-electron chi connectivity index (χ2n) is 7.71. The van der Waals surface area contributed by atoms with Crippen molar-refractivity contribution in [2.75, 3.05) is 32.8 Å². The highest BCUT2D eigenvalue weighted by Crippen LogP contribution is 2.22. The van der Waals surface area contributed by atoms with Crippen molar-refractivity contribution in [2.45, 2.75) is 27.2 Å². The van der Waals surface area contributed by atoms with Crippen LogP contribution < -0.4 is 4.74 Å². The van der Waals surface area contributed by atoms with Crippen LogP contribution in [0.25, 0.3) is 5.69 Å². The van der Waals surface area contributed by atoms with Crippen LogP contribution in [-0.2, 0) is 11.2 Å². The quantitative estimate of drug-likeness (QED) is 0.588. The smallest absolute Gasteiger partial charge is 0.278 e. The van der Waals surface area contributed by atoms with E-state index in [0.29, 0.717) is 44.3 Å². The lowest BCUT2D eigenvalue weighted by atomic mass is 10.1. The third-order valence-corrected chi connectivity index (χ3v) is 5.63. The maximum absolute atomic E-state index is 13.2. The summed E-state index contributed by atoms with van der Waals surface area (Å²) < 4.78 is 12.5. The fraction of sp³-hybridized carbons (Fsp3) is 0.391. The summed E-state index contributed by atoms with van der Waals surface area (Å²) in [5, 5.41) is 8.41. The van der Waals surface area contributed by atoms with E-state index in [0.717, 1.165) is 16.9 Å². The Morgan fingerprint density at radius 2 is 1.75 bits per heavy atom. The molecule has 1 aromatic carbocycles. The van der Waals surface area contributed by atoms with Gasteiger partial charge in [-0.15, -0.1) is 0 Å². The molecule has 0 unspecified atom stereocenters. The zero-order chi connectivity index (χ0) is 22.7. The average molecular weight is 438 g/mol. The van der Waals surface area contributed by atoms with Gasteiger partial charge in [-0.25, -0.2) is 4.68 Å². The molecule has 0 radical (unpaired) electrons. The number of aryl methyl sites for hydroxylation is 2. The van der Waals surface area contributed by atoms with E-state index < -0.39 is 0 Å². The molecule has 1 fully saturated rings. The second-order valence-corrected chi connectivity index (χ2v) is 7.71. The Bertz CT molecular complexity index is 1080. The number of carbonyl (C=O) groups is 2. The van der Waals surface area contributed by atoms with Gasteiger partial charge in [-0.1, -0.05) is 23.4 Å². The molecule has 168 valence electrons. The normalized spacial score (nSPS) is 14.0. The van der Waals surface area contributed by atoms with Crippen LogP contribution in [0, 0.1) is 13.8 Å². The number of aromatic nitrogens is 3. The fourth-order valence-corrected chi connectivity index (χ4v) is 3.81. The molecule has 0 bridgehead atoms. The highest BCUT2D eigenvalue weighted by molar-refractivity contribution is 5.95. The summed E-state index contributed by atoms with van der Waals surface area (Å²) in [6, 6.07) is 9.59. The van der Waals surface area contributed by atoms with E-state index in [1.54, 1.807) is 20.7 Å². The zero-order valence-electron chi connectivity index (χ0n) is 18.6. The van der Waals surface area contributed by atoms with E-state index in [-0.39, 0.29) is 23.9 Å². The average Bonchev–Trinajstić information content (AvgIpc) is 3.38. The molecular formula is C23H27N5O4. The number of piperazine rings is 1. The van der Waals surface area contributed by atoms with E-state index in [4.69, 9.17) is 9.26 Å². The van der Waals surface area contributed by atoms with E-state index in [1.807, 2.05) is 51.1 Å². The molecule has 0 spiro atoms. The summed E-state index contributed by atoms with van der Waals surface area (Å²) in [4.78, 5) is 29.4. The predicted molar refractivity (Wildman–Crippen MR) is 117 cm³/mol. The number of nitrogens with zero attached hydrogens (tertiary/aromatic N) is 5. The third-order valence-electron chi connectivity index (χ3n) is 5.63. The topological polar surface area (TPSA) is 93.7 Å². The van der Waals surface area contributed by atoms with Gasteiger partial charge in [0.25, 0.3) is 5.91 Å². The Morgan fingerprint density at radius 3 is 2.38 bits per heavy atom. The number of para-hydroxylation sites is 1. The molecule has 32 heavy (non-hydrogen) atoms. The first-order valence-corrected chi connectivity index (χ1v) is 10.7. The number of ether oxygens (including phenoxy) is 1. The number of hydrogen-bond acceptors (Lipinski definition) is 6. The van der Waals surface area contributed by atoms with Gasteiger partial charge in [0.1, 0.15) is 5.76 Å². The van der Waals surface area contributed by atoms with E-state index in [9.17, 15) is 9.59 Å². The number of carbonyl (C=O) groups excluding carboxylic acids is 2. The molecule has 9 heteroatoms. The summed E-state index contributed by atoms with van der Waals surface area (Å²) >= 11 is 0. The van der Waals surface area contributed by atoms with Crippen LogP contribution in [0.3, 0.4) is 0 Å². The van der Waals surface area contributed by atoms with Gasteiger partial charge in [-0.2, -0.15) is 5.10 Å². The molecule has 3 aromatic rings. The van der Waals surface area contributed by atoms with Crippen LogP contribution in [0.4, 0.5) is 0 Å². The monoisotopic (exact) mass is 437 g/mol. The molecule has 1 saturated heterocycles. The maximum atomic E-state index is 13.2. The van der Waals surface area contributed by atoms with Gasteiger partial charge in [0.2, 0.25) is 5.91 Å². The molecule has 2 aromatic heterocycles. The number of hydrogen-bond donors (Lipinski definition) is 0. The lowest BCUT2D eigenvalue weighted by molar-refractivity contribution is -0.131. The van der Waals surface area contributed by atoms with Gasteiger partial charge in [0.05, 0.1) is 30.6 Å². The first-order valence-electron chi connectivity index (χ1n) is 10.7. The molecule has 0 atom stereocenters. The van der Waals surface area contributed by atoms with Gasteiger partial charge >= 0.3 is 0 Å². The van der Waals surface area contributed by atoms with Crippen LogP contribution >= 0.6 is 0 Å². The second kappa shape index (κ2) is 9.25. The minimum absolute atomic E-state index is 0.00913. The number of rotatable bonds is 6. The number of amides is 2. The molecule has 1 aliphatic heterocycles. The number of benzene rings is 1. The largest absolute Gasteiger partial charge is 0.490 e. The standard InChI is InChI=1S/C23H27N5O4/c1-4-31-20-15-28(18-8-6-5-7-9-18)24-22(20)23(30)27-12-10-26(11-13-27)21(29)14-19-16(2)25-32-17(19)3/h5-9,15H,4,10-14H2,1-3H3. The molecule has 3 heterocycles. The van der Waals surface area contributed by atoms with Crippen molar-refractivity contribution in [2.24, 2.45) is 0 Å². The third kappa shape index (κ3) is 4.37. The first-order chi connectivity index (χ1) is 15.5. The molecule has 1 aliphatic rings. The summed E-state index contributed by atoms with van der Waals surface area (Å²) in [7, 11) is 0. The van der Waals surface area contributed by atoms with Crippen molar-refractivity contribution in [1.82, 2.24) is 24.7 Å². The summed E-state index contributed by atoms with van der Waals surface area (Å²) in [5.74, 6) is 0.941. The summed E-state index contributed by atoms with van der Waals surface area (Å²) in [5.41, 5.74) is 2.71. The van der Waals surface area contributed by atoms with Gasteiger partial charge in [0.15, 0.2) is 11.4 Å². The van der Waals surface area contributed by atoms with Crippen molar-refractivity contribution in [3.63, 3.8) is 0 Å². The Balaban J connectivity index is 1.43. The van der Waals surface area contributed by atoms with Crippen LogP contribution in [0.2, 0.25) is 0 Å². The van der Waals surface area contributed by atoms with Crippen LogP contribution in [-0.4, -0.2) is 69.3 Å². The fourth-order valence-electron chi connectivity index (χ4n) is 3.81. The summed E-state index contributed by atoms with van der Waals surface area (Å²) in [6.07, 6.45) is 1.99. The zero-order valence-corrected chi connectivity index (χ0v) is 18.6. The molecule has 0 N–H and O–H groups in total. The predicted octanol–water partition coefficient (Wildman–Crippen LogP) is 2.40. The Morgan fingerprint density at radius 1 is 1.06 bits per heavy atom. The van der Waals surface area contributed by atoms with Crippen LogP contribution in [0.1, 0.15) is 34.4 Å². The van der Waals surface area contributed by atoms with Crippen molar-refractivity contribution >= 4 is 11.8 Å². The molecular weight excluding hydrogens is 410 g/mol. The minimum atomic E-state index is -0.194. The van der Waals surface area contributed by atoms with Gasteiger partial charge in [-0.05, 0) is 32.9 Å². The molecule has 2 amide bonds. The van der Waals surface area contributed by atoms with Gasteiger partial charge in [-0.3, -0.25) is 9.59 Å². The lowest BCUT2D eigenvalue weighted by Gasteiger charge is -2.34. The molecule has 0 aliphatic carbocycles. The van der Waals surface area contributed by atoms with E-state index in [1.165, 1.54) is 0 Å². The van der Waals surface area contributed by atoms with Gasteiger partial charge in [0, 0.05) is 31.7 Å². The van der Waals surface area contributed by atoms with Crippen molar-refractivity contribution in [1.29, 1.82) is 0 Å². The molecule has 4 rings (SSSR count). The highest BCUT2D eigenvalue weighted by Gasteiger charge is 2.29. The SMILES string of the molecule is CCOc1cn(-c2ccccc2)nc1C(=O)N1CCN(C(=O)Cc2c(C)noc2C)CC1. The Kier molecular flexibility index (Phi) is 6.25. The lowest BCUT2D eigenvalue weighted by Crippen LogP contribution is -2.51. The van der Waals surface area contributed by atoms with E-state index in [2.05, 4.69) is 10.3 Å². The Labute approximate surface area is 186 Å². The summed E-state index contributed by atoms with van der Waals surface area (Å²) in [6.45, 7) is 7.77. The molecule has 0 saturated carbocycles. The van der Waals surface area contributed by atoms with Crippen molar-refractivity contribution in [3.05, 3.63) is 59.2 Å². The first kappa shape index (κ1) is 21.6. The van der Waals surface area contributed by atoms with Gasteiger partial charge < -0.3 is 19.1 Å². The van der Waals surface area contributed by atoms with Crippen molar-refractivity contribution < 1.29 is 18.8 Å².